The van der Waals surface area contributed by atoms with E-state index < -0.39 is 11.8 Å². The zero-order chi connectivity index (χ0) is 11.5. The SMILES string of the molecule is Cc1ccc(CN2CCNC(=O)C2=O)cc1. The molecular formula is C12H14N2O2. The van der Waals surface area contributed by atoms with Gasteiger partial charge in [-0.1, -0.05) is 29.8 Å². The summed E-state index contributed by atoms with van der Waals surface area (Å²) in [5.74, 6) is -0.940. The van der Waals surface area contributed by atoms with Crippen molar-refractivity contribution in [2.45, 2.75) is 13.5 Å². The molecule has 1 N–H and O–H groups in total. The number of carbonyl (C=O) groups is 2. The molecule has 0 spiro atoms. The van der Waals surface area contributed by atoms with Gasteiger partial charge in [-0.05, 0) is 12.5 Å². The molecule has 2 rings (SSSR count). The van der Waals surface area contributed by atoms with Crippen LogP contribution in [0.4, 0.5) is 0 Å². The summed E-state index contributed by atoms with van der Waals surface area (Å²) in [5, 5.41) is 2.53. The Morgan fingerprint density at radius 2 is 1.94 bits per heavy atom. The number of rotatable bonds is 2. The van der Waals surface area contributed by atoms with Crippen molar-refractivity contribution >= 4 is 11.8 Å². The van der Waals surface area contributed by atoms with E-state index >= 15 is 0 Å². The fraction of sp³-hybridized carbons (Fsp3) is 0.333. The van der Waals surface area contributed by atoms with Gasteiger partial charge in [0.2, 0.25) is 0 Å². The van der Waals surface area contributed by atoms with Crippen LogP contribution < -0.4 is 5.32 Å². The van der Waals surface area contributed by atoms with Crippen LogP contribution in [0.1, 0.15) is 11.1 Å². The molecular weight excluding hydrogens is 204 g/mol. The molecule has 1 aliphatic rings. The van der Waals surface area contributed by atoms with Gasteiger partial charge in [0, 0.05) is 19.6 Å². The van der Waals surface area contributed by atoms with E-state index in [-0.39, 0.29) is 0 Å². The predicted molar refractivity (Wildman–Crippen MR) is 59.6 cm³/mol. The van der Waals surface area contributed by atoms with E-state index in [1.807, 2.05) is 31.2 Å². The molecule has 0 saturated carbocycles. The number of piperazine rings is 1. The molecule has 4 nitrogen and oxygen atoms in total. The quantitative estimate of drug-likeness (QED) is 0.733. The van der Waals surface area contributed by atoms with Crippen LogP contribution in [-0.4, -0.2) is 29.8 Å². The highest BCUT2D eigenvalue weighted by Crippen LogP contribution is 2.08. The first kappa shape index (κ1) is 10.7. The van der Waals surface area contributed by atoms with E-state index in [1.54, 1.807) is 4.90 Å². The van der Waals surface area contributed by atoms with Crippen LogP contribution in [0.25, 0.3) is 0 Å². The largest absolute Gasteiger partial charge is 0.346 e. The van der Waals surface area contributed by atoms with Crippen molar-refractivity contribution in [3.63, 3.8) is 0 Å². The lowest BCUT2D eigenvalue weighted by atomic mass is 10.1. The van der Waals surface area contributed by atoms with Crippen molar-refractivity contribution in [3.8, 4) is 0 Å². The van der Waals surface area contributed by atoms with Crippen molar-refractivity contribution in [3.05, 3.63) is 35.4 Å². The topological polar surface area (TPSA) is 49.4 Å². The van der Waals surface area contributed by atoms with Gasteiger partial charge in [-0.25, -0.2) is 0 Å². The standard InChI is InChI=1S/C12H14N2O2/c1-9-2-4-10(5-3-9)8-14-7-6-13-11(15)12(14)16/h2-5H,6-8H2,1H3,(H,13,15). The molecule has 2 amide bonds. The second kappa shape index (κ2) is 4.35. The Labute approximate surface area is 94.2 Å². The molecule has 4 heteroatoms. The second-order valence-electron chi connectivity index (χ2n) is 3.97. The molecule has 1 aromatic carbocycles. The van der Waals surface area contributed by atoms with Gasteiger partial charge in [0.1, 0.15) is 0 Å². The monoisotopic (exact) mass is 218 g/mol. The summed E-state index contributed by atoms with van der Waals surface area (Å²) in [5.41, 5.74) is 2.24. The number of amides is 2. The Bertz CT molecular complexity index is 412. The maximum absolute atomic E-state index is 11.5. The Hall–Kier alpha value is -1.84. The molecule has 0 aromatic heterocycles. The van der Waals surface area contributed by atoms with Gasteiger partial charge in [-0.3, -0.25) is 9.59 Å². The zero-order valence-corrected chi connectivity index (χ0v) is 9.19. The number of nitrogens with zero attached hydrogens (tertiary/aromatic N) is 1. The highest BCUT2D eigenvalue weighted by atomic mass is 16.2. The third kappa shape index (κ3) is 2.21. The van der Waals surface area contributed by atoms with Crippen molar-refractivity contribution in [2.75, 3.05) is 13.1 Å². The Morgan fingerprint density at radius 1 is 1.25 bits per heavy atom. The summed E-state index contributed by atoms with van der Waals surface area (Å²) < 4.78 is 0. The summed E-state index contributed by atoms with van der Waals surface area (Å²) in [4.78, 5) is 24.2. The maximum atomic E-state index is 11.5. The average Bonchev–Trinajstić information content (AvgIpc) is 2.28. The molecule has 0 unspecified atom stereocenters. The fourth-order valence-electron chi connectivity index (χ4n) is 1.69. The molecule has 1 aromatic rings. The van der Waals surface area contributed by atoms with Crippen LogP contribution in [0.5, 0.6) is 0 Å². The van der Waals surface area contributed by atoms with Crippen LogP contribution in [0.15, 0.2) is 24.3 Å². The lowest BCUT2D eigenvalue weighted by Gasteiger charge is -2.26. The van der Waals surface area contributed by atoms with Gasteiger partial charge in [0.05, 0.1) is 0 Å². The molecule has 0 atom stereocenters. The normalized spacial score (nSPS) is 16.2. The minimum atomic E-state index is -0.502. The lowest BCUT2D eigenvalue weighted by molar-refractivity contribution is -0.148. The minimum absolute atomic E-state index is 0.438. The highest BCUT2D eigenvalue weighted by molar-refractivity contribution is 6.35. The molecule has 0 radical (unpaired) electrons. The molecule has 1 fully saturated rings. The maximum Gasteiger partial charge on any atom is 0.312 e. The number of nitrogens with one attached hydrogen (secondary N) is 1. The van der Waals surface area contributed by atoms with Gasteiger partial charge in [-0.2, -0.15) is 0 Å². The number of hydrogen-bond donors (Lipinski definition) is 1. The van der Waals surface area contributed by atoms with Crippen molar-refractivity contribution in [1.29, 1.82) is 0 Å². The third-order valence-electron chi connectivity index (χ3n) is 2.64. The number of carbonyl (C=O) groups excluding carboxylic acids is 2. The zero-order valence-electron chi connectivity index (χ0n) is 9.19. The van der Waals surface area contributed by atoms with E-state index in [0.29, 0.717) is 19.6 Å². The fourth-order valence-corrected chi connectivity index (χ4v) is 1.69. The molecule has 0 bridgehead atoms. The van der Waals surface area contributed by atoms with Crippen LogP contribution in [0.2, 0.25) is 0 Å². The summed E-state index contributed by atoms with van der Waals surface area (Å²) >= 11 is 0. The first-order valence-electron chi connectivity index (χ1n) is 5.29. The summed E-state index contributed by atoms with van der Waals surface area (Å²) in [7, 11) is 0. The molecule has 0 aliphatic carbocycles. The Kier molecular flexibility index (Phi) is 2.90. The smallest absolute Gasteiger partial charge is 0.312 e. The van der Waals surface area contributed by atoms with E-state index in [4.69, 9.17) is 0 Å². The molecule has 1 aliphatic heterocycles. The molecule has 1 saturated heterocycles. The van der Waals surface area contributed by atoms with Crippen LogP contribution in [0, 0.1) is 6.92 Å². The second-order valence-corrected chi connectivity index (χ2v) is 3.97. The predicted octanol–water partition coefficient (Wildman–Crippen LogP) is 0.453. The number of benzene rings is 1. The van der Waals surface area contributed by atoms with E-state index in [0.717, 1.165) is 5.56 Å². The average molecular weight is 218 g/mol. The van der Waals surface area contributed by atoms with Crippen molar-refractivity contribution in [1.82, 2.24) is 10.2 Å². The Balaban J connectivity index is 2.06. The molecule has 1 heterocycles. The molecule has 16 heavy (non-hydrogen) atoms. The molecule has 84 valence electrons. The van der Waals surface area contributed by atoms with Crippen molar-refractivity contribution < 1.29 is 9.59 Å². The van der Waals surface area contributed by atoms with Gasteiger partial charge >= 0.3 is 11.8 Å². The first-order chi connectivity index (χ1) is 7.66. The van der Waals surface area contributed by atoms with Gasteiger partial charge < -0.3 is 10.2 Å². The summed E-state index contributed by atoms with van der Waals surface area (Å²) in [6, 6.07) is 7.97. The van der Waals surface area contributed by atoms with Crippen LogP contribution >= 0.6 is 0 Å². The lowest BCUT2D eigenvalue weighted by Crippen LogP contribution is -2.51. The summed E-state index contributed by atoms with van der Waals surface area (Å²) in [6.07, 6.45) is 0. The van der Waals surface area contributed by atoms with Gasteiger partial charge in [-0.15, -0.1) is 0 Å². The van der Waals surface area contributed by atoms with Crippen LogP contribution in [0.3, 0.4) is 0 Å². The van der Waals surface area contributed by atoms with E-state index in [2.05, 4.69) is 5.32 Å². The first-order valence-corrected chi connectivity index (χ1v) is 5.29. The minimum Gasteiger partial charge on any atom is -0.346 e. The highest BCUT2D eigenvalue weighted by Gasteiger charge is 2.25. The number of aryl methyl sites for hydroxylation is 1. The van der Waals surface area contributed by atoms with E-state index in [1.165, 1.54) is 5.56 Å². The third-order valence-corrected chi connectivity index (χ3v) is 2.64. The van der Waals surface area contributed by atoms with Crippen molar-refractivity contribution in [2.24, 2.45) is 0 Å². The van der Waals surface area contributed by atoms with Gasteiger partial charge in [0.25, 0.3) is 0 Å². The number of hydrogen-bond acceptors (Lipinski definition) is 2. The van der Waals surface area contributed by atoms with E-state index in [9.17, 15) is 9.59 Å². The van der Waals surface area contributed by atoms with Crippen LogP contribution in [-0.2, 0) is 16.1 Å². The van der Waals surface area contributed by atoms with Gasteiger partial charge in [0.15, 0.2) is 0 Å². The Morgan fingerprint density at radius 3 is 2.62 bits per heavy atom. The summed E-state index contributed by atoms with van der Waals surface area (Å²) in [6.45, 7) is 3.64.